The molecule has 18 atom stereocenters. The molecule has 0 aromatic heterocycles. The lowest BCUT2D eigenvalue weighted by Gasteiger charge is -2.45. The minimum Gasteiger partial charge on any atom is -0.508 e. The first-order valence-electron chi connectivity index (χ1n) is 32.4. The molecule has 7 aromatic rings. The van der Waals surface area contributed by atoms with Gasteiger partial charge in [0.05, 0.1) is 28.3 Å². The van der Waals surface area contributed by atoms with Crippen molar-refractivity contribution in [3.8, 4) is 80.1 Å². The molecule has 0 radical (unpaired) electrons. The molecular weight excluding hydrogens is 1490 g/mol. The number of fused-ring (bicyclic) bond motifs is 12. The number of aliphatic hydroxyl groups excluding tert-OH is 14. The molecule has 108 heavy (non-hydrogen) atoms. The molecule has 15 rings (SSSR count). The maximum atomic E-state index is 13.2. The summed E-state index contributed by atoms with van der Waals surface area (Å²) in [5.74, 6) is -15.8. The fourth-order valence-corrected chi connectivity index (χ4v) is 13.5. The van der Waals surface area contributed by atoms with E-state index < -0.39 is 250 Å². The number of aromatic hydroxyl groups is 5. The number of benzene rings is 7. The molecule has 38 heteroatoms. The van der Waals surface area contributed by atoms with Gasteiger partial charge in [-0.05, 0) is 112 Å². The van der Waals surface area contributed by atoms with Crippen LogP contribution in [0, 0.1) is 0 Å². The minimum atomic E-state index is -2.33. The van der Waals surface area contributed by atoms with Crippen molar-refractivity contribution in [2.24, 2.45) is 35.7 Å². The molecule has 8 aliphatic heterocycles. The first kappa shape index (κ1) is 75.6. The van der Waals surface area contributed by atoms with Crippen LogP contribution in [0.15, 0.2) is 139 Å². The summed E-state index contributed by atoms with van der Waals surface area (Å²) in [7, 11) is 0. The van der Waals surface area contributed by atoms with E-state index >= 15 is 0 Å². The van der Waals surface area contributed by atoms with Gasteiger partial charge in [-0.3, -0.25) is 0 Å². The average Bonchev–Trinajstić information content (AvgIpc) is 0.766. The number of aliphatic imine (C=N–C) groups is 6. The number of phenols is 5. The van der Waals surface area contributed by atoms with Crippen LogP contribution in [0.4, 0.5) is 0 Å². The fourth-order valence-electron chi connectivity index (χ4n) is 12.8. The molecule has 2 fully saturated rings. The van der Waals surface area contributed by atoms with Gasteiger partial charge in [-0.25, -0.2) is 34.7 Å². The number of nitrogens with zero attached hydrogens (tertiary/aromatic N) is 6. The number of halogens is 3. The van der Waals surface area contributed by atoms with Gasteiger partial charge in [0.1, 0.15) is 107 Å². The van der Waals surface area contributed by atoms with Crippen molar-refractivity contribution in [1.29, 1.82) is 0 Å². The first-order valence-corrected chi connectivity index (χ1v) is 33.6. The van der Waals surface area contributed by atoms with E-state index in [0.717, 1.165) is 66.7 Å². The van der Waals surface area contributed by atoms with Crippen LogP contribution in [0.2, 0.25) is 15.1 Å². The Labute approximate surface area is 621 Å². The average molecular weight is 1560 g/mol. The van der Waals surface area contributed by atoms with E-state index in [9.17, 15) is 107 Å². The van der Waals surface area contributed by atoms with Gasteiger partial charge in [-0.1, -0.05) is 53.0 Å². The second-order valence-electron chi connectivity index (χ2n) is 25.5. The number of aliphatic hydroxyl groups is 14. The lowest BCUT2D eigenvalue weighted by molar-refractivity contribution is -0.352. The van der Waals surface area contributed by atoms with Crippen LogP contribution in [0.1, 0.15) is 75.3 Å². The number of carbonyl (C=O) groups is 1. The minimum absolute atomic E-state index is 0.00925. The van der Waals surface area contributed by atoms with Crippen molar-refractivity contribution in [3.63, 3.8) is 0 Å². The number of carboxylic acids is 1. The number of rotatable bonds is 7. The van der Waals surface area contributed by atoms with Crippen molar-refractivity contribution in [2.45, 2.75) is 116 Å². The smallest absolute Gasteiger partial charge is 0.333 e. The van der Waals surface area contributed by atoms with Crippen molar-refractivity contribution in [2.75, 3.05) is 13.2 Å². The van der Waals surface area contributed by atoms with E-state index in [1.165, 1.54) is 42.5 Å². The Morgan fingerprint density at radius 3 is 1.71 bits per heavy atom. The van der Waals surface area contributed by atoms with Crippen LogP contribution in [-0.4, -0.2) is 230 Å². The van der Waals surface area contributed by atoms with E-state index in [2.05, 4.69) is 30.0 Å². The lowest BCUT2D eigenvalue weighted by Crippen LogP contribution is -2.65. The van der Waals surface area contributed by atoms with Crippen LogP contribution >= 0.6 is 34.8 Å². The Bertz CT molecular complexity index is 4910. The highest BCUT2D eigenvalue weighted by Gasteiger charge is 2.52. The molecule has 18 unspecified atom stereocenters. The molecule has 0 aliphatic carbocycles. The molecule has 0 amide bonds. The van der Waals surface area contributed by atoms with Crippen LogP contribution in [0.5, 0.6) is 69.0 Å². The van der Waals surface area contributed by atoms with E-state index in [4.69, 9.17) is 73.7 Å². The Hall–Kier alpha value is -10.6. The Morgan fingerprint density at radius 2 is 1.06 bits per heavy atom. The number of nitrogens with two attached hydrogens (primary N) is 1. The molecule has 2 saturated heterocycles. The molecule has 8 aliphatic rings. The lowest BCUT2D eigenvalue weighted by atomic mass is 9.90. The Kier molecular flexibility index (Phi) is 21.2. The third-order valence-corrected chi connectivity index (χ3v) is 19.2. The SMILES string of the molecule is NC1C(O)=NC2Cc3ccc(c(Cl)c3)Oc3cc4cc(c3O)Oc3ccc(cc3Cl)C(O)C3N=C(O)C(N=C(O)C4N=C(O)C(N=C2O)c2cc(O)cc(c2)Oc2cc1ccc2OC1OC(CO)C(OC2OC(CO)C(O)C(O)C2O)C(O)C1O)c1cc(Cl)c(O)c(c1)-c1c(O)cc(O)cc1C(C(=O)O)N=C3O. The summed E-state index contributed by atoms with van der Waals surface area (Å²) in [4.78, 5) is 39.3. The molecule has 7 aromatic carbocycles. The molecule has 0 spiro atoms. The van der Waals surface area contributed by atoms with Crippen LogP contribution < -0.4 is 24.7 Å². The number of hydrogen-bond donors (Lipinski definition) is 21. The quantitative estimate of drug-likeness (QED) is 0.0872. The van der Waals surface area contributed by atoms with Crippen molar-refractivity contribution >= 4 is 76.2 Å². The summed E-state index contributed by atoms with van der Waals surface area (Å²) in [5.41, 5.74) is 3.76. The molecular formula is C70H64Cl3N7O28. The highest BCUT2D eigenvalue weighted by molar-refractivity contribution is 6.33. The third-order valence-electron chi connectivity index (χ3n) is 18.3. The molecule has 17 bridgehead atoms. The number of hydrogen-bond acceptors (Lipinski definition) is 28. The molecule has 568 valence electrons. The van der Waals surface area contributed by atoms with Crippen molar-refractivity contribution < 1.29 is 140 Å². The topological polar surface area (TPSA) is 586 Å². The highest BCUT2D eigenvalue weighted by Crippen LogP contribution is 2.51. The van der Waals surface area contributed by atoms with E-state index in [1.54, 1.807) is 0 Å². The van der Waals surface area contributed by atoms with Gasteiger partial charge in [0.25, 0.3) is 0 Å². The predicted octanol–water partition coefficient (Wildman–Crippen LogP) is 5.98. The second kappa shape index (κ2) is 30.2. The van der Waals surface area contributed by atoms with Gasteiger partial charge in [-0.15, -0.1) is 0 Å². The summed E-state index contributed by atoms with van der Waals surface area (Å²) in [6.07, 6.45) is -21.3. The first-order chi connectivity index (χ1) is 51.4. The predicted molar refractivity (Wildman–Crippen MR) is 377 cm³/mol. The maximum absolute atomic E-state index is 13.2. The summed E-state index contributed by atoms with van der Waals surface area (Å²) >= 11 is 20.6. The normalized spacial score (nSPS) is 28.5. The standard InChI is InChI=1S/C70H64Cl3N7O28/c71-33-7-22-1-4-38(33)103-42-15-27-16-43(55(42)88)104-39-5-3-24(12-34(39)72)53(86)52-67(99)79-51(68(100)101)31-18-29(84)19-37(85)46(31)32-11-26(13-35(73)54(32)87)49(66(98)80-52)77-65(97)50(27)78-64(96)48-25-9-28(83)17-30(10-25)102-41-14-23(47(74)63(95)75-36(8-22)62(94)76-48)2-6-40(41)105-69-60(93)58(91)61(45(21-82)107-69)108-70-59(92)57(90)56(89)44(20-81)106-70/h1-7,9-19,36,44-45,47-53,56-61,69-70,81-93H,8,20-21,74H2,(H,75,95)(H,76,94)(H,77,97)(H,78,96)(H,79,99)(H,80,98)(H,100,101). The molecule has 0 saturated carbocycles. The van der Waals surface area contributed by atoms with E-state index in [1.807, 2.05) is 0 Å². The van der Waals surface area contributed by atoms with Gasteiger partial charge < -0.3 is 141 Å². The zero-order valence-corrected chi connectivity index (χ0v) is 57.3. The number of phenolic OH excluding ortho intramolecular Hbond substituents is 5. The van der Waals surface area contributed by atoms with Gasteiger partial charge in [0.2, 0.25) is 47.4 Å². The van der Waals surface area contributed by atoms with Gasteiger partial charge in [0.15, 0.2) is 59.5 Å². The Balaban J connectivity index is 0.997. The van der Waals surface area contributed by atoms with Gasteiger partial charge in [-0.2, -0.15) is 0 Å². The number of carboxylic acid groups (broad SMARTS) is 1. The van der Waals surface area contributed by atoms with Crippen LogP contribution in [-0.2, 0) is 25.4 Å². The molecule has 22 N–H and O–H groups in total. The van der Waals surface area contributed by atoms with Crippen LogP contribution in [0.25, 0.3) is 11.1 Å². The second-order valence-corrected chi connectivity index (χ2v) is 26.7. The zero-order chi connectivity index (χ0) is 77.3. The van der Waals surface area contributed by atoms with Crippen LogP contribution in [0.3, 0.4) is 0 Å². The summed E-state index contributed by atoms with van der Waals surface area (Å²) in [5, 5.41) is 230. The number of aliphatic carboxylic acids is 1. The van der Waals surface area contributed by atoms with Crippen molar-refractivity contribution in [3.05, 3.63) is 163 Å². The fraction of sp³-hybridized carbons (Fsp3) is 0.300. The summed E-state index contributed by atoms with van der Waals surface area (Å²) < 4.78 is 42.1. The van der Waals surface area contributed by atoms with Gasteiger partial charge >= 0.3 is 5.97 Å². The number of ether oxygens (including phenoxy) is 7. The molecule has 8 heterocycles. The van der Waals surface area contributed by atoms with E-state index in [0.29, 0.717) is 0 Å². The zero-order valence-electron chi connectivity index (χ0n) is 55.0. The molecule has 35 nitrogen and oxygen atoms in total. The summed E-state index contributed by atoms with van der Waals surface area (Å²) in [6.45, 7) is -1.83. The Morgan fingerprint density at radius 1 is 0.491 bits per heavy atom. The van der Waals surface area contributed by atoms with E-state index in [-0.39, 0.29) is 55.3 Å². The monoisotopic (exact) mass is 1560 g/mol. The largest absolute Gasteiger partial charge is 0.508 e. The maximum Gasteiger partial charge on any atom is 0.333 e. The highest BCUT2D eigenvalue weighted by atomic mass is 35.5. The van der Waals surface area contributed by atoms with Gasteiger partial charge in [0, 0.05) is 35.2 Å². The van der Waals surface area contributed by atoms with Crippen molar-refractivity contribution in [1.82, 2.24) is 0 Å². The summed E-state index contributed by atoms with van der Waals surface area (Å²) in [6, 6.07) is 5.23. The third kappa shape index (κ3) is 14.7.